The van der Waals surface area contributed by atoms with Crippen molar-refractivity contribution in [1.82, 2.24) is 24.3 Å². The number of rotatable bonds is 5. The first-order valence-corrected chi connectivity index (χ1v) is 19.3. The predicted molar refractivity (Wildman–Crippen MR) is 230 cm³/mol. The van der Waals surface area contributed by atoms with Gasteiger partial charge in [-0.05, 0) is 70.6 Å². The van der Waals surface area contributed by atoms with Gasteiger partial charge in [-0.2, -0.15) is 0 Å². The van der Waals surface area contributed by atoms with E-state index in [9.17, 15) is 0 Å². The SMILES string of the molecule is CC(C)(C)c1ccnc(-n2c3ccccc3c3ccc(N4c5ccccc5C(C)(C)c5ccc(-n6nc(-c7ccccc7)nc6-c6ccccc6)cc54)cc32)c1. The number of nitrogens with zero attached hydrogens (tertiary/aromatic N) is 6. The zero-order chi connectivity index (χ0) is 38.2. The van der Waals surface area contributed by atoms with Crippen molar-refractivity contribution in [2.75, 3.05) is 4.90 Å². The highest BCUT2D eigenvalue weighted by Crippen LogP contribution is 2.53. The summed E-state index contributed by atoms with van der Waals surface area (Å²) in [5, 5.41) is 7.56. The molecule has 4 heterocycles. The van der Waals surface area contributed by atoms with Crippen molar-refractivity contribution in [2.45, 2.75) is 45.4 Å². The van der Waals surface area contributed by atoms with Crippen LogP contribution in [0.4, 0.5) is 17.1 Å². The first-order valence-electron chi connectivity index (χ1n) is 19.3. The van der Waals surface area contributed by atoms with Gasteiger partial charge in [-0.3, -0.25) is 4.57 Å². The first kappa shape index (κ1) is 33.8. The Kier molecular flexibility index (Phi) is 7.62. The van der Waals surface area contributed by atoms with Crippen molar-refractivity contribution in [1.29, 1.82) is 0 Å². The summed E-state index contributed by atoms with van der Waals surface area (Å²) in [7, 11) is 0. The zero-order valence-electron chi connectivity index (χ0n) is 32.3. The maximum Gasteiger partial charge on any atom is 0.182 e. The smallest absolute Gasteiger partial charge is 0.182 e. The summed E-state index contributed by atoms with van der Waals surface area (Å²) in [5.74, 6) is 2.40. The van der Waals surface area contributed by atoms with Gasteiger partial charge in [-0.25, -0.2) is 14.6 Å². The van der Waals surface area contributed by atoms with Crippen molar-refractivity contribution in [3.8, 4) is 34.3 Å². The molecular formula is C50H42N6. The summed E-state index contributed by atoms with van der Waals surface area (Å²) in [6.45, 7) is 11.4. The minimum Gasteiger partial charge on any atom is -0.310 e. The predicted octanol–water partition coefficient (Wildman–Crippen LogP) is 12.5. The number of fused-ring (bicyclic) bond motifs is 5. The Hall–Kier alpha value is -6.79. The maximum absolute atomic E-state index is 5.17. The Labute approximate surface area is 327 Å². The maximum atomic E-state index is 5.17. The van der Waals surface area contributed by atoms with Gasteiger partial charge in [0.05, 0.1) is 28.1 Å². The molecule has 0 amide bonds. The molecule has 0 atom stereocenters. The number of pyridine rings is 1. The molecular weight excluding hydrogens is 685 g/mol. The summed E-state index contributed by atoms with van der Waals surface area (Å²) < 4.78 is 4.33. The molecule has 6 aromatic carbocycles. The van der Waals surface area contributed by atoms with Crippen LogP contribution in [-0.2, 0) is 10.8 Å². The summed E-state index contributed by atoms with van der Waals surface area (Å²) in [6.07, 6.45) is 1.94. The van der Waals surface area contributed by atoms with E-state index in [1.165, 1.54) is 27.5 Å². The second-order valence-corrected chi connectivity index (χ2v) is 16.3. The lowest BCUT2D eigenvalue weighted by molar-refractivity contribution is 0.588. The van der Waals surface area contributed by atoms with E-state index >= 15 is 0 Å². The fraction of sp³-hybridized carbons (Fsp3) is 0.140. The number of hydrogen-bond donors (Lipinski definition) is 0. The van der Waals surface area contributed by atoms with Gasteiger partial charge in [0, 0.05) is 39.2 Å². The highest BCUT2D eigenvalue weighted by molar-refractivity contribution is 6.10. The molecule has 0 aliphatic carbocycles. The highest BCUT2D eigenvalue weighted by Gasteiger charge is 2.37. The molecule has 0 spiro atoms. The molecule has 0 fully saturated rings. The summed E-state index contributed by atoms with van der Waals surface area (Å²) in [6, 6.07) is 56.0. The summed E-state index contributed by atoms with van der Waals surface area (Å²) in [4.78, 5) is 12.5. The van der Waals surface area contributed by atoms with Crippen LogP contribution >= 0.6 is 0 Å². The molecule has 0 radical (unpaired) electrons. The minimum atomic E-state index is -0.253. The van der Waals surface area contributed by atoms with Crippen molar-refractivity contribution < 1.29 is 0 Å². The standard InChI is InChI=1S/C50H42N6/c1-49(2,3)35-28-29-51-46(30-35)55-42-22-14-12-20-38(42)39-26-24-36(31-44(39)55)54-43-23-15-13-21-40(43)50(4,5)41-27-25-37(32-45(41)54)56-48(34-18-10-7-11-19-34)52-47(53-56)33-16-8-6-9-17-33/h6-32H,1-5H3. The van der Waals surface area contributed by atoms with Gasteiger partial charge in [0.2, 0.25) is 0 Å². The Morgan fingerprint density at radius 3 is 2.00 bits per heavy atom. The van der Waals surface area contributed by atoms with Gasteiger partial charge in [-0.15, -0.1) is 5.10 Å². The quantitative estimate of drug-likeness (QED) is 0.177. The van der Waals surface area contributed by atoms with E-state index in [1.54, 1.807) is 0 Å². The van der Waals surface area contributed by atoms with Crippen LogP contribution in [0.1, 0.15) is 51.3 Å². The number of hydrogen-bond acceptors (Lipinski definition) is 4. The normalized spacial score (nSPS) is 13.6. The third-order valence-corrected chi connectivity index (χ3v) is 11.4. The second kappa shape index (κ2) is 12.6. The van der Waals surface area contributed by atoms with Crippen molar-refractivity contribution >= 4 is 38.9 Å². The van der Waals surface area contributed by atoms with Gasteiger partial charge < -0.3 is 4.90 Å². The number of para-hydroxylation sites is 2. The average molecular weight is 727 g/mol. The minimum absolute atomic E-state index is 0.0142. The Morgan fingerprint density at radius 1 is 0.554 bits per heavy atom. The van der Waals surface area contributed by atoms with Crippen LogP contribution in [0, 0.1) is 0 Å². The molecule has 56 heavy (non-hydrogen) atoms. The van der Waals surface area contributed by atoms with E-state index < -0.39 is 0 Å². The van der Waals surface area contributed by atoms with Crippen LogP contribution in [0.3, 0.4) is 0 Å². The Morgan fingerprint density at radius 2 is 1.21 bits per heavy atom. The Balaban J connectivity index is 1.21. The van der Waals surface area contributed by atoms with Crippen LogP contribution < -0.4 is 4.90 Å². The third-order valence-electron chi connectivity index (χ3n) is 11.4. The van der Waals surface area contributed by atoms with Crippen LogP contribution in [0.15, 0.2) is 164 Å². The molecule has 1 aliphatic heterocycles. The molecule has 6 heteroatoms. The molecule has 0 N–H and O–H groups in total. The largest absolute Gasteiger partial charge is 0.310 e. The third kappa shape index (κ3) is 5.35. The highest BCUT2D eigenvalue weighted by atomic mass is 15.4. The van der Waals surface area contributed by atoms with Crippen molar-refractivity contribution in [3.63, 3.8) is 0 Å². The molecule has 0 saturated carbocycles. The summed E-state index contributed by atoms with van der Waals surface area (Å²) >= 11 is 0. The van der Waals surface area contributed by atoms with Gasteiger partial charge in [0.25, 0.3) is 0 Å². The van der Waals surface area contributed by atoms with E-state index in [0.29, 0.717) is 5.82 Å². The van der Waals surface area contributed by atoms with Crippen LogP contribution in [0.5, 0.6) is 0 Å². The van der Waals surface area contributed by atoms with E-state index in [2.05, 4.69) is 178 Å². The molecule has 272 valence electrons. The molecule has 6 nitrogen and oxygen atoms in total. The molecule has 0 saturated heterocycles. The van der Waals surface area contributed by atoms with Gasteiger partial charge in [-0.1, -0.05) is 144 Å². The van der Waals surface area contributed by atoms with Crippen LogP contribution in [0.2, 0.25) is 0 Å². The van der Waals surface area contributed by atoms with Crippen molar-refractivity contribution in [2.24, 2.45) is 0 Å². The summed E-state index contributed by atoms with van der Waals surface area (Å²) in [5.41, 5.74) is 12.0. The van der Waals surface area contributed by atoms with E-state index in [1.807, 2.05) is 35.1 Å². The number of benzene rings is 6. The lowest BCUT2D eigenvalue weighted by Gasteiger charge is -2.42. The topological polar surface area (TPSA) is 51.8 Å². The first-order chi connectivity index (χ1) is 27.2. The van der Waals surface area contributed by atoms with Gasteiger partial charge >= 0.3 is 0 Å². The zero-order valence-corrected chi connectivity index (χ0v) is 32.3. The van der Waals surface area contributed by atoms with E-state index in [0.717, 1.165) is 56.6 Å². The monoisotopic (exact) mass is 726 g/mol. The Bertz CT molecular complexity index is 2930. The lowest BCUT2D eigenvalue weighted by Crippen LogP contribution is -2.30. The van der Waals surface area contributed by atoms with Crippen LogP contribution in [0.25, 0.3) is 56.1 Å². The van der Waals surface area contributed by atoms with Gasteiger partial charge in [0.15, 0.2) is 11.6 Å². The van der Waals surface area contributed by atoms with Crippen LogP contribution in [-0.4, -0.2) is 24.3 Å². The van der Waals surface area contributed by atoms with Crippen molar-refractivity contribution in [3.05, 3.63) is 181 Å². The number of aromatic nitrogens is 5. The molecule has 10 rings (SSSR count). The van der Waals surface area contributed by atoms with Gasteiger partial charge in [0.1, 0.15) is 5.82 Å². The molecule has 9 aromatic rings. The number of anilines is 3. The fourth-order valence-corrected chi connectivity index (χ4v) is 8.44. The molecule has 0 unspecified atom stereocenters. The fourth-order valence-electron chi connectivity index (χ4n) is 8.44. The van der Waals surface area contributed by atoms with E-state index in [4.69, 9.17) is 15.1 Å². The lowest BCUT2D eigenvalue weighted by atomic mass is 9.73. The molecule has 0 bridgehead atoms. The average Bonchev–Trinajstić information content (AvgIpc) is 3.82. The molecule has 3 aromatic heterocycles. The molecule has 1 aliphatic rings. The second-order valence-electron chi connectivity index (χ2n) is 16.3. The van der Waals surface area contributed by atoms with E-state index in [-0.39, 0.29) is 10.8 Å².